The van der Waals surface area contributed by atoms with Gasteiger partial charge in [0.25, 0.3) is 0 Å². The molecular weight excluding hydrogens is 306 g/mol. The molecule has 94 valence electrons. The maximum Gasteiger partial charge on any atom is 0.138 e. The lowest BCUT2D eigenvalue weighted by molar-refractivity contribution is 0.996. The molecule has 6 heteroatoms. The van der Waals surface area contributed by atoms with Gasteiger partial charge in [-0.05, 0) is 40.2 Å². The number of nitrogen functional groups attached to an aromatic ring is 1. The van der Waals surface area contributed by atoms with Gasteiger partial charge in [-0.3, -0.25) is 4.57 Å². The van der Waals surface area contributed by atoms with Gasteiger partial charge in [0.1, 0.15) is 18.0 Å². The Labute approximate surface area is 118 Å². The van der Waals surface area contributed by atoms with Gasteiger partial charge in [-0.2, -0.15) is 0 Å². The molecule has 0 aliphatic carbocycles. The SMILES string of the molecule is Nc1cc(-c2cncn2-c2ccc(Br)cn2)ccn1. The molecule has 0 aromatic carbocycles. The first-order valence-corrected chi connectivity index (χ1v) is 6.39. The summed E-state index contributed by atoms with van der Waals surface area (Å²) in [6, 6.07) is 7.56. The van der Waals surface area contributed by atoms with E-state index in [0.717, 1.165) is 21.5 Å². The quantitative estimate of drug-likeness (QED) is 0.789. The third kappa shape index (κ3) is 2.34. The summed E-state index contributed by atoms with van der Waals surface area (Å²) in [7, 11) is 0. The molecule has 2 N–H and O–H groups in total. The third-order valence-corrected chi connectivity index (χ3v) is 3.14. The van der Waals surface area contributed by atoms with Crippen LogP contribution in [0.15, 0.2) is 53.7 Å². The van der Waals surface area contributed by atoms with Crippen LogP contribution < -0.4 is 5.73 Å². The summed E-state index contributed by atoms with van der Waals surface area (Å²) in [5.41, 5.74) is 7.58. The van der Waals surface area contributed by atoms with Crippen molar-refractivity contribution in [2.45, 2.75) is 0 Å². The number of pyridine rings is 2. The van der Waals surface area contributed by atoms with E-state index in [1.165, 1.54) is 0 Å². The number of rotatable bonds is 2. The summed E-state index contributed by atoms with van der Waals surface area (Å²) in [4.78, 5) is 12.5. The summed E-state index contributed by atoms with van der Waals surface area (Å²) in [6.07, 6.45) is 6.93. The van der Waals surface area contributed by atoms with Gasteiger partial charge in [-0.15, -0.1) is 0 Å². The fourth-order valence-corrected chi connectivity index (χ4v) is 2.04. The molecule has 3 aromatic heterocycles. The largest absolute Gasteiger partial charge is 0.384 e. The Morgan fingerprint density at radius 3 is 2.74 bits per heavy atom. The molecule has 5 nitrogen and oxygen atoms in total. The van der Waals surface area contributed by atoms with Crippen LogP contribution in [0, 0.1) is 0 Å². The topological polar surface area (TPSA) is 69.6 Å². The van der Waals surface area contributed by atoms with Crippen molar-refractivity contribution in [3.8, 4) is 17.1 Å². The molecule has 0 aliphatic rings. The second-order valence-electron chi connectivity index (χ2n) is 3.95. The number of nitrogens with two attached hydrogens (primary N) is 1. The van der Waals surface area contributed by atoms with E-state index in [1.807, 2.05) is 28.8 Å². The van der Waals surface area contributed by atoms with Gasteiger partial charge in [0, 0.05) is 22.4 Å². The van der Waals surface area contributed by atoms with Crippen molar-refractivity contribution in [1.82, 2.24) is 19.5 Å². The molecule has 3 aromatic rings. The van der Waals surface area contributed by atoms with Gasteiger partial charge < -0.3 is 5.73 Å². The van der Waals surface area contributed by atoms with E-state index in [-0.39, 0.29) is 0 Å². The zero-order valence-corrected chi connectivity index (χ0v) is 11.4. The van der Waals surface area contributed by atoms with E-state index in [0.29, 0.717) is 5.82 Å². The Bertz CT molecular complexity index is 705. The van der Waals surface area contributed by atoms with Crippen LogP contribution in [0.3, 0.4) is 0 Å². The maximum atomic E-state index is 5.71. The van der Waals surface area contributed by atoms with Crippen LogP contribution in [-0.4, -0.2) is 19.5 Å². The van der Waals surface area contributed by atoms with Crippen LogP contribution >= 0.6 is 15.9 Å². The summed E-state index contributed by atoms with van der Waals surface area (Å²) in [5.74, 6) is 1.28. The van der Waals surface area contributed by atoms with Crippen molar-refractivity contribution < 1.29 is 0 Å². The first-order chi connectivity index (χ1) is 9.24. The lowest BCUT2D eigenvalue weighted by Crippen LogP contribution is -1.98. The fraction of sp³-hybridized carbons (Fsp3) is 0. The normalized spacial score (nSPS) is 10.6. The van der Waals surface area contributed by atoms with Crippen LogP contribution in [0.2, 0.25) is 0 Å². The van der Waals surface area contributed by atoms with Crippen molar-refractivity contribution in [3.63, 3.8) is 0 Å². The van der Waals surface area contributed by atoms with Gasteiger partial charge in [0.05, 0.1) is 11.9 Å². The van der Waals surface area contributed by atoms with E-state index >= 15 is 0 Å². The number of halogens is 1. The van der Waals surface area contributed by atoms with E-state index in [1.54, 1.807) is 24.9 Å². The molecule has 0 atom stereocenters. The van der Waals surface area contributed by atoms with Gasteiger partial charge in [-0.25, -0.2) is 15.0 Å². The molecule has 0 saturated heterocycles. The lowest BCUT2D eigenvalue weighted by Gasteiger charge is -2.07. The molecule has 0 saturated carbocycles. The number of hydrogen-bond acceptors (Lipinski definition) is 4. The highest BCUT2D eigenvalue weighted by Gasteiger charge is 2.08. The highest BCUT2D eigenvalue weighted by molar-refractivity contribution is 9.10. The number of nitrogens with zero attached hydrogens (tertiary/aromatic N) is 4. The number of hydrogen-bond donors (Lipinski definition) is 1. The molecule has 0 bridgehead atoms. The second kappa shape index (κ2) is 4.81. The molecule has 0 radical (unpaired) electrons. The van der Waals surface area contributed by atoms with Gasteiger partial charge in [0.15, 0.2) is 0 Å². The molecule has 0 aliphatic heterocycles. The molecule has 19 heavy (non-hydrogen) atoms. The van der Waals surface area contributed by atoms with Crippen LogP contribution in [0.4, 0.5) is 5.82 Å². The lowest BCUT2D eigenvalue weighted by atomic mass is 10.2. The molecule has 3 rings (SSSR count). The van der Waals surface area contributed by atoms with Crippen molar-refractivity contribution in [3.05, 3.63) is 53.7 Å². The van der Waals surface area contributed by atoms with E-state index in [2.05, 4.69) is 30.9 Å². The van der Waals surface area contributed by atoms with Crippen LogP contribution in [0.5, 0.6) is 0 Å². The Kier molecular flexibility index (Phi) is 3.00. The Hall–Kier alpha value is -2.21. The first-order valence-electron chi connectivity index (χ1n) is 5.60. The third-order valence-electron chi connectivity index (χ3n) is 2.67. The predicted octanol–water partition coefficient (Wildman–Crippen LogP) is 2.67. The second-order valence-corrected chi connectivity index (χ2v) is 4.87. The number of imidazole rings is 1. The highest BCUT2D eigenvalue weighted by Crippen LogP contribution is 2.23. The Morgan fingerprint density at radius 2 is 2.00 bits per heavy atom. The van der Waals surface area contributed by atoms with Gasteiger partial charge in [-0.1, -0.05) is 0 Å². The minimum atomic E-state index is 0.481. The molecule has 0 spiro atoms. The molecule has 0 amide bonds. The minimum absolute atomic E-state index is 0.481. The molecule has 0 unspecified atom stereocenters. The Morgan fingerprint density at radius 1 is 1.11 bits per heavy atom. The van der Waals surface area contributed by atoms with Crippen molar-refractivity contribution in [1.29, 1.82) is 0 Å². The number of anilines is 1. The van der Waals surface area contributed by atoms with Gasteiger partial charge >= 0.3 is 0 Å². The molecular formula is C13H10BrN5. The Balaban J connectivity index is 2.10. The first kappa shape index (κ1) is 11.9. The summed E-state index contributed by atoms with van der Waals surface area (Å²) >= 11 is 3.37. The smallest absolute Gasteiger partial charge is 0.138 e. The zero-order valence-electron chi connectivity index (χ0n) is 9.86. The molecule has 3 heterocycles. The van der Waals surface area contributed by atoms with Gasteiger partial charge in [0.2, 0.25) is 0 Å². The summed E-state index contributed by atoms with van der Waals surface area (Å²) < 4.78 is 2.84. The van der Waals surface area contributed by atoms with Crippen molar-refractivity contribution in [2.24, 2.45) is 0 Å². The maximum absolute atomic E-state index is 5.71. The average Bonchev–Trinajstić information content (AvgIpc) is 2.89. The van der Waals surface area contributed by atoms with E-state index < -0.39 is 0 Å². The summed E-state index contributed by atoms with van der Waals surface area (Å²) in [6.45, 7) is 0. The average molecular weight is 316 g/mol. The number of aromatic nitrogens is 4. The summed E-state index contributed by atoms with van der Waals surface area (Å²) in [5, 5.41) is 0. The van der Waals surface area contributed by atoms with Crippen molar-refractivity contribution >= 4 is 21.7 Å². The minimum Gasteiger partial charge on any atom is -0.384 e. The molecule has 0 fully saturated rings. The van der Waals surface area contributed by atoms with E-state index in [4.69, 9.17) is 5.73 Å². The highest BCUT2D eigenvalue weighted by atomic mass is 79.9. The van der Waals surface area contributed by atoms with E-state index in [9.17, 15) is 0 Å². The van der Waals surface area contributed by atoms with Crippen LogP contribution in [-0.2, 0) is 0 Å². The predicted molar refractivity (Wildman–Crippen MR) is 76.7 cm³/mol. The van der Waals surface area contributed by atoms with Crippen molar-refractivity contribution in [2.75, 3.05) is 5.73 Å². The monoisotopic (exact) mass is 315 g/mol. The fourth-order valence-electron chi connectivity index (χ4n) is 1.81. The van der Waals surface area contributed by atoms with Crippen LogP contribution in [0.1, 0.15) is 0 Å². The standard InChI is InChI=1S/C13H10BrN5/c14-10-1-2-13(18-6-10)19-8-16-7-11(19)9-3-4-17-12(15)5-9/h1-8H,(H2,15,17). The zero-order chi connectivity index (χ0) is 13.2. The van der Waals surface area contributed by atoms with Crippen LogP contribution in [0.25, 0.3) is 17.1 Å².